The Hall–Kier alpha value is -0.420. The Labute approximate surface area is 95.6 Å². The molecule has 5 heteroatoms. The highest BCUT2D eigenvalue weighted by molar-refractivity contribution is 7.20. The number of aromatic nitrogens is 1. The molecule has 0 saturated carbocycles. The van der Waals surface area contributed by atoms with Gasteiger partial charge in [0.05, 0.1) is 15.6 Å². The van der Waals surface area contributed by atoms with Crippen molar-refractivity contribution in [2.45, 2.75) is 6.54 Å². The summed E-state index contributed by atoms with van der Waals surface area (Å²) in [4.78, 5) is 5.55. The molecule has 0 aliphatic carbocycles. The van der Waals surface area contributed by atoms with E-state index in [1.54, 1.807) is 22.7 Å². The number of rotatable bonds is 3. The van der Waals surface area contributed by atoms with Gasteiger partial charge in [0, 0.05) is 11.9 Å². The van der Waals surface area contributed by atoms with Crippen LogP contribution in [0.25, 0.3) is 9.88 Å². The van der Waals surface area contributed by atoms with Crippen molar-refractivity contribution in [2.75, 3.05) is 7.05 Å². The summed E-state index contributed by atoms with van der Waals surface area (Å²) in [5.41, 5.74) is 1.07. The second kappa shape index (κ2) is 4.40. The first-order valence-electron chi connectivity index (χ1n) is 4.13. The Balaban J connectivity index is 2.29. The molecule has 14 heavy (non-hydrogen) atoms. The van der Waals surface area contributed by atoms with Gasteiger partial charge in [-0.3, -0.25) is 0 Å². The molecule has 0 amide bonds. The zero-order chi connectivity index (χ0) is 9.97. The summed E-state index contributed by atoms with van der Waals surface area (Å²) in [5.74, 6) is 0. The van der Waals surface area contributed by atoms with Gasteiger partial charge in [0.15, 0.2) is 0 Å². The van der Waals surface area contributed by atoms with Gasteiger partial charge in [-0.1, -0.05) is 11.6 Å². The molecule has 2 aromatic heterocycles. The fourth-order valence-electron chi connectivity index (χ4n) is 1.12. The lowest BCUT2D eigenvalue weighted by Gasteiger charge is -1.92. The summed E-state index contributed by atoms with van der Waals surface area (Å²) in [6.45, 7) is 0.805. The van der Waals surface area contributed by atoms with Gasteiger partial charge in [-0.15, -0.1) is 22.7 Å². The first-order chi connectivity index (χ1) is 6.81. The molecule has 0 unspecified atom stereocenters. The third-order valence-electron chi connectivity index (χ3n) is 1.72. The van der Waals surface area contributed by atoms with Crippen LogP contribution in [0.3, 0.4) is 0 Å². The Bertz CT molecular complexity index is 422. The van der Waals surface area contributed by atoms with Crippen molar-refractivity contribution in [1.29, 1.82) is 0 Å². The highest BCUT2D eigenvalue weighted by Gasteiger charge is 2.09. The molecule has 74 valence electrons. The molecule has 0 aliphatic heterocycles. The zero-order valence-corrected chi connectivity index (χ0v) is 9.97. The number of hydrogen-bond donors (Lipinski definition) is 1. The predicted octanol–water partition coefficient (Wildman–Crippen LogP) is 3.24. The molecule has 2 heterocycles. The summed E-state index contributed by atoms with van der Waals surface area (Å²) in [5, 5.41) is 8.91. The van der Waals surface area contributed by atoms with Crippen LogP contribution in [0.5, 0.6) is 0 Å². The number of nitrogens with one attached hydrogen (secondary N) is 1. The quantitative estimate of drug-likeness (QED) is 0.897. The van der Waals surface area contributed by atoms with E-state index in [4.69, 9.17) is 11.6 Å². The monoisotopic (exact) mass is 244 g/mol. The first-order valence-corrected chi connectivity index (χ1v) is 6.27. The lowest BCUT2D eigenvalue weighted by molar-refractivity contribution is 0.798. The van der Waals surface area contributed by atoms with Crippen LogP contribution < -0.4 is 5.32 Å². The van der Waals surface area contributed by atoms with Crippen LogP contribution in [0.15, 0.2) is 16.8 Å². The van der Waals surface area contributed by atoms with Crippen molar-refractivity contribution in [1.82, 2.24) is 10.3 Å². The molecule has 0 radical (unpaired) electrons. The number of thiophene rings is 1. The van der Waals surface area contributed by atoms with E-state index >= 15 is 0 Å². The maximum Gasteiger partial charge on any atom is 0.135 e. The van der Waals surface area contributed by atoms with Crippen LogP contribution in [-0.2, 0) is 6.54 Å². The molecule has 0 fully saturated rings. The molecule has 0 aromatic carbocycles. The summed E-state index contributed by atoms with van der Waals surface area (Å²) < 4.78 is 0. The van der Waals surface area contributed by atoms with E-state index in [9.17, 15) is 0 Å². The first kappa shape index (κ1) is 10.1. The van der Waals surface area contributed by atoms with Crippen LogP contribution in [-0.4, -0.2) is 12.0 Å². The second-order valence-electron chi connectivity index (χ2n) is 2.77. The molecule has 0 spiro atoms. The number of halogens is 1. The minimum atomic E-state index is 0.792. The fourth-order valence-corrected chi connectivity index (χ4v) is 3.26. The van der Waals surface area contributed by atoms with E-state index < -0.39 is 0 Å². The largest absolute Gasteiger partial charge is 0.314 e. The van der Waals surface area contributed by atoms with Gasteiger partial charge in [-0.05, 0) is 18.5 Å². The molecule has 0 atom stereocenters. The number of thiazole rings is 1. The van der Waals surface area contributed by atoms with Crippen LogP contribution in [0.2, 0.25) is 5.02 Å². The minimum Gasteiger partial charge on any atom is -0.314 e. The molecule has 2 aromatic rings. The van der Waals surface area contributed by atoms with E-state index in [1.807, 2.05) is 18.5 Å². The van der Waals surface area contributed by atoms with Crippen molar-refractivity contribution in [3.63, 3.8) is 0 Å². The van der Waals surface area contributed by atoms with Gasteiger partial charge in [0.1, 0.15) is 5.01 Å². The Morgan fingerprint density at radius 1 is 1.50 bits per heavy atom. The Morgan fingerprint density at radius 2 is 2.36 bits per heavy atom. The molecule has 0 saturated heterocycles. The lowest BCUT2D eigenvalue weighted by atomic mass is 10.4. The molecular formula is C9H9ClN2S2. The standard InChI is InChI=1S/C9H9ClN2S2/c1-11-4-6-5-14-9(12-6)8-7(10)2-3-13-8/h2-3,5,11H,4H2,1H3. The number of hydrogen-bond acceptors (Lipinski definition) is 4. The molecule has 2 nitrogen and oxygen atoms in total. The Kier molecular flexibility index (Phi) is 3.18. The average molecular weight is 245 g/mol. The van der Waals surface area contributed by atoms with Crippen molar-refractivity contribution in [3.8, 4) is 9.88 Å². The zero-order valence-electron chi connectivity index (χ0n) is 7.58. The van der Waals surface area contributed by atoms with Gasteiger partial charge in [0.25, 0.3) is 0 Å². The van der Waals surface area contributed by atoms with E-state index in [-0.39, 0.29) is 0 Å². The lowest BCUT2D eigenvalue weighted by Crippen LogP contribution is -2.04. The maximum absolute atomic E-state index is 6.02. The average Bonchev–Trinajstić information content (AvgIpc) is 2.74. The van der Waals surface area contributed by atoms with Crippen molar-refractivity contribution >= 4 is 34.3 Å². The summed E-state index contributed by atoms with van der Waals surface area (Å²) in [6.07, 6.45) is 0. The van der Waals surface area contributed by atoms with Crippen molar-refractivity contribution in [2.24, 2.45) is 0 Å². The normalized spacial score (nSPS) is 10.7. The summed E-state index contributed by atoms with van der Waals surface area (Å²) in [7, 11) is 1.91. The number of nitrogens with zero attached hydrogens (tertiary/aromatic N) is 1. The smallest absolute Gasteiger partial charge is 0.135 e. The van der Waals surface area contributed by atoms with Crippen LogP contribution in [0, 0.1) is 0 Å². The van der Waals surface area contributed by atoms with E-state index in [1.165, 1.54) is 0 Å². The van der Waals surface area contributed by atoms with Gasteiger partial charge in [-0.25, -0.2) is 4.98 Å². The van der Waals surface area contributed by atoms with Gasteiger partial charge >= 0.3 is 0 Å². The van der Waals surface area contributed by atoms with Crippen LogP contribution in [0.4, 0.5) is 0 Å². The predicted molar refractivity (Wildman–Crippen MR) is 63.2 cm³/mol. The van der Waals surface area contributed by atoms with Gasteiger partial charge < -0.3 is 5.32 Å². The maximum atomic E-state index is 6.02. The topological polar surface area (TPSA) is 24.9 Å². The molecule has 1 N–H and O–H groups in total. The molecule has 0 bridgehead atoms. The second-order valence-corrected chi connectivity index (χ2v) is 4.95. The van der Waals surface area contributed by atoms with E-state index in [0.29, 0.717) is 0 Å². The van der Waals surface area contributed by atoms with Gasteiger partial charge in [-0.2, -0.15) is 0 Å². The van der Waals surface area contributed by atoms with Crippen LogP contribution >= 0.6 is 34.3 Å². The molecule has 2 rings (SSSR count). The van der Waals surface area contributed by atoms with Crippen molar-refractivity contribution < 1.29 is 0 Å². The van der Waals surface area contributed by atoms with Gasteiger partial charge in [0.2, 0.25) is 0 Å². The third-order valence-corrected chi connectivity index (χ3v) is 4.11. The van der Waals surface area contributed by atoms with Crippen molar-refractivity contribution in [3.05, 3.63) is 27.5 Å². The van der Waals surface area contributed by atoms with E-state index in [0.717, 1.165) is 27.1 Å². The minimum absolute atomic E-state index is 0.792. The van der Waals surface area contributed by atoms with Crippen LogP contribution in [0.1, 0.15) is 5.69 Å². The summed E-state index contributed by atoms with van der Waals surface area (Å²) >= 11 is 9.29. The SMILES string of the molecule is CNCc1csc(-c2sccc2Cl)n1. The van der Waals surface area contributed by atoms with E-state index in [2.05, 4.69) is 15.7 Å². The highest BCUT2D eigenvalue weighted by atomic mass is 35.5. The third kappa shape index (κ3) is 1.98. The Morgan fingerprint density at radius 3 is 3.00 bits per heavy atom. The summed E-state index contributed by atoms with van der Waals surface area (Å²) in [6, 6.07) is 1.90. The highest BCUT2D eigenvalue weighted by Crippen LogP contribution is 2.34. The molecule has 0 aliphatic rings. The molecular weight excluding hydrogens is 236 g/mol. The fraction of sp³-hybridized carbons (Fsp3) is 0.222.